The van der Waals surface area contributed by atoms with Crippen LogP contribution in [0.4, 0.5) is 0 Å². The minimum absolute atomic E-state index is 0. The van der Waals surface area contributed by atoms with Crippen molar-refractivity contribution >= 4 is 29.9 Å². The van der Waals surface area contributed by atoms with Crippen LogP contribution in [0.5, 0.6) is 17.4 Å². The molecule has 170 valence electrons. The molecule has 0 spiro atoms. The molecule has 1 aromatic heterocycles. The molecular weight excluding hydrogens is 507 g/mol. The monoisotopic (exact) mass is 540 g/mol. The normalized spacial score (nSPS) is 13.3. The number of nitrogens with zero attached hydrogens (tertiary/aromatic N) is 3. The zero-order valence-corrected chi connectivity index (χ0v) is 20.9. The zero-order valence-electron chi connectivity index (χ0n) is 18.5. The van der Waals surface area contributed by atoms with Gasteiger partial charge in [0, 0.05) is 46.1 Å². The molecule has 1 fully saturated rings. The Kier molecular flexibility index (Phi) is 10.9. The van der Waals surface area contributed by atoms with Crippen LogP contribution in [0.3, 0.4) is 0 Å². The van der Waals surface area contributed by atoms with E-state index in [9.17, 15) is 0 Å². The third-order valence-electron chi connectivity index (χ3n) is 4.80. The smallest absolute Gasteiger partial charge is 0.219 e. The summed E-state index contributed by atoms with van der Waals surface area (Å²) in [6.07, 6.45) is 4.38. The molecule has 0 aliphatic heterocycles. The van der Waals surface area contributed by atoms with Gasteiger partial charge in [-0.25, -0.2) is 4.98 Å². The van der Waals surface area contributed by atoms with E-state index in [0.29, 0.717) is 25.6 Å². The molecule has 1 heterocycles. The first-order valence-electron chi connectivity index (χ1n) is 10.5. The first-order chi connectivity index (χ1) is 14.7. The van der Waals surface area contributed by atoms with Crippen LogP contribution in [0.15, 0.2) is 47.6 Å². The number of ether oxygens (including phenoxy) is 3. The van der Waals surface area contributed by atoms with Crippen molar-refractivity contribution in [1.29, 1.82) is 0 Å². The number of aromatic nitrogens is 1. The minimum Gasteiger partial charge on any atom is -0.494 e. The maximum atomic E-state index is 5.87. The van der Waals surface area contributed by atoms with E-state index in [0.717, 1.165) is 42.1 Å². The highest BCUT2D eigenvalue weighted by Gasteiger charge is 2.21. The third kappa shape index (κ3) is 8.90. The molecule has 1 saturated carbocycles. The first-order valence-corrected chi connectivity index (χ1v) is 10.5. The molecule has 3 rings (SSSR count). The van der Waals surface area contributed by atoms with Crippen molar-refractivity contribution in [3.05, 3.63) is 48.2 Å². The fourth-order valence-electron chi connectivity index (χ4n) is 2.92. The summed E-state index contributed by atoms with van der Waals surface area (Å²) in [4.78, 5) is 10.7. The Morgan fingerprint density at radius 1 is 1.19 bits per heavy atom. The number of halogens is 1. The second kappa shape index (κ2) is 13.4. The number of likely N-dealkylation sites (N-methyl/N-ethyl adjacent to an activating group) is 1. The molecule has 0 bridgehead atoms. The highest BCUT2D eigenvalue weighted by molar-refractivity contribution is 14.0. The van der Waals surface area contributed by atoms with E-state index in [2.05, 4.69) is 20.2 Å². The molecule has 1 aromatic carbocycles. The molecule has 1 aliphatic rings. The maximum Gasteiger partial charge on any atom is 0.219 e. The number of aliphatic imine (C=N–C) groups is 1. The van der Waals surface area contributed by atoms with Gasteiger partial charge in [0.05, 0.1) is 13.2 Å². The van der Waals surface area contributed by atoms with Crippen molar-refractivity contribution in [2.24, 2.45) is 10.9 Å². The Balaban J connectivity index is 0.00000341. The molecule has 0 atom stereocenters. The van der Waals surface area contributed by atoms with E-state index in [-0.39, 0.29) is 24.0 Å². The van der Waals surface area contributed by atoms with E-state index < -0.39 is 0 Å². The molecule has 0 amide bonds. The van der Waals surface area contributed by atoms with Gasteiger partial charge in [-0.05, 0) is 61.6 Å². The SMILES string of the molecule is CCOc1ccc(Oc2cc(CNC(=NC)N(C)CCOCC3CC3)ccn2)cc1.I. The fraction of sp³-hybridized carbons (Fsp3) is 0.478. The average Bonchev–Trinajstić information content (AvgIpc) is 3.58. The van der Waals surface area contributed by atoms with Gasteiger partial charge in [-0.15, -0.1) is 24.0 Å². The summed E-state index contributed by atoms with van der Waals surface area (Å²) >= 11 is 0. The van der Waals surface area contributed by atoms with Crippen LogP contribution in [-0.4, -0.2) is 56.3 Å². The van der Waals surface area contributed by atoms with Gasteiger partial charge in [-0.1, -0.05) is 0 Å². The molecule has 31 heavy (non-hydrogen) atoms. The lowest BCUT2D eigenvalue weighted by atomic mass is 10.2. The quantitative estimate of drug-likeness (QED) is 0.198. The summed E-state index contributed by atoms with van der Waals surface area (Å²) in [5.41, 5.74) is 1.06. The Morgan fingerprint density at radius 3 is 2.61 bits per heavy atom. The van der Waals surface area contributed by atoms with Crippen molar-refractivity contribution in [2.45, 2.75) is 26.3 Å². The van der Waals surface area contributed by atoms with Gasteiger partial charge in [0.1, 0.15) is 11.5 Å². The van der Waals surface area contributed by atoms with Crippen molar-refractivity contribution in [3.8, 4) is 17.4 Å². The van der Waals surface area contributed by atoms with Crippen LogP contribution in [0.1, 0.15) is 25.3 Å². The maximum absolute atomic E-state index is 5.87. The summed E-state index contributed by atoms with van der Waals surface area (Å²) < 4.78 is 17.0. The van der Waals surface area contributed by atoms with Crippen LogP contribution in [-0.2, 0) is 11.3 Å². The predicted octanol–water partition coefficient (Wildman–Crippen LogP) is 4.32. The lowest BCUT2D eigenvalue weighted by Gasteiger charge is -2.22. The standard InChI is InChI=1S/C23H32N4O3.HI/c1-4-29-20-7-9-21(10-8-20)30-22-15-19(11-12-25-22)16-26-23(24-2)27(3)13-14-28-17-18-5-6-18;/h7-12,15,18H,4-6,13-14,16-17H2,1-3H3,(H,24,26);1H. The highest BCUT2D eigenvalue weighted by atomic mass is 127. The first kappa shape index (κ1) is 25.2. The number of pyridine rings is 1. The van der Waals surface area contributed by atoms with E-state index in [1.54, 1.807) is 13.2 Å². The zero-order chi connectivity index (χ0) is 21.2. The van der Waals surface area contributed by atoms with E-state index in [1.165, 1.54) is 12.8 Å². The Hall–Kier alpha value is -2.07. The molecular formula is C23H33IN4O3. The Bertz CT molecular complexity index is 813. The van der Waals surface area contributed by atoms with Gasteiger partial charge in [0.2, 0.25) is 5.88 Å². The summed E-state index contributed by atoms with van der Waals surface area (Å²) in [7, 11) is 3.81. The average molecular weight is 540 g/mol. The summed E-state index contributed by atoms with van der Waals surface area (Å²) in [6, 6.07) is 11.4. The van der Waals surface area contributed by atoms with Crippen molar-refractivity contribution < 1.29 is 14.2 Å². The van der Waals surface area contributed by atoms with Crippen molar-refractivity contribution in [3.63, 3.8) is 0 Å². The summed E-state index contributed by atoms with van der Waals surface area (Å²) in [5, 5.41) is 3.38. The number of rotatable bonds is 11. The number of nitrogens with one attached hydrogen (secondary N) is 1. The van der Waals surface area contributed by atoms with E-state index >= 15 is 0 Å². The second-order valence-corrected chi connectivity index (χ2v) is 7.35. The van der Waals surface area contributed by atoms with Crippen molar-refractivity contribution in [1.82, 2.24) is 15.2 Å². The van der Waals surface area contributed by atoms with Crippen LogP contribution >= 0.6 is 24.0 Å². The molecule has 1 N–H and O–H groups in total. The summed E-state index contributed by atoms with van der Waals surface area (Å²) in [6.45, 7) is 5.62. The lowest BCUT2D eigenvalue weighted by Crippen LogP contribution is -2.40. The fourth-order valence-corrected chi connectivity index (χ4v) is 2.92. The predicted molar refractivity (Wildman–Crippen MR) is 134 cm³/mol. The molecule has 7 nitrogen and oxygen atoms in total. The Morgan fingerprint density at radius 2 is 1.94 bits per heavy atom. The van der Waals surface area contributed by atoms with Crippen LogP contribution in [0.25, 0.3) is 0 Å². The van der Waals surface area contributed by atoms with Crippen molar-refractivity contribution in [2.75, 3.05) is 40.5 Å². The lowest BCUT2D eigenvalue weighted by molar-refractivity contribution is 0.115. The highest BCUT2D eigenvalue weighted by Crippen LogP contribution is 2.28. The molecule has 8 heteroatoms. The summed E-state index contributed by atoms with van der Waals surface area (Å²) in [5.74, 6) is 3.71. The van der Waals surface area contributed by atoms with Gasteiger partial charge in [0.25, 0.3) is 0 Å². The van der Waals surface area contributed by atoms with Gasteiger partial charge >= 0.3 is 0 Å². The molecule has 0 radical (unpaired) electrons. The van der Waals surface area contributed by atoms with Gasteiger partial charge in [-0.2, -0.15) is 0 Å². The number of benzene rings is 1. The third-order valence-corrected chi connectivity index (χ3v) is 4.80. The molecule has 0 saturated heterocycles. The number of hydrogen-bond acceptors (Lipinski definition) is 5. The minimum atomic E-state index is 0. The van der Waals surface area contributed by atoms with Gasteiger partial charge < -0.3 is 24.4 Å². The molecule has 2 aromatic rings. The van der Waals surface area contributed by atoms with Crippen LogP contribution in [0, 0.1) is 5.92 Å². The molecule has 1 aliphatic carbocycles. The van der Waals surface area contributed by atoms with E-state index in [1.807, 2.05) is 50.4 Å². The second-order valence-electron chi connectivity index (χ2n) is 7.35. The Labute approximate surface area is 202 Å². The topological polar surface area (TPSA) is 68.2 Å². The number of guanidine groups is 1. The van der Waals surface area contributed by atoms with Crippen LogP contribution < -0.4 is 14.8 Å². The largest absolute Gasteiger partial charge is 0.494 e. The van der Waals surface area contributed by atoms with E-state index in [4.69, 9.17) is 14.2 Å². The van der Waals surface area contributed by atoms with Gasteiger partial charge in [0.15, 0.2) is 5.96 Å². The number of hydrogen-bond donors (Lipinski definition) is 1. The van der Waals surface area contributed by atoms with Gasteiger partial charge in [-0.3, -0.25) is 4.99 Å². The van der Waals surface area contributed by atoms with Crippen LogP contribution in [0.2, 0.25) is 0 Å². The molecule has 0 unspecified atom stereocenters.